The standard InChI is InChI=1S/C11H18N2OS/c1-8(12)6-9-7-15-11(13-9)10-4-2-3-5-14-10/h7-8,10H,2-6,12H2,1H3. The van der Waals surface area contributed by atoms with E-state index in [4.69, 9.17) is 10.5 Å². The Morgan fingerprint density at radius 2 is 2.53 bits per heavy atom. The van der Waals surface area contributed by atoms with E-state index in [1.165, 1.54) is 12.8 Å². The van der Waals surface area contributed by atoms with Gasteiger partial charge in [-0.2, -0.15) is 0 Å². The largest absolute Gasteiger partial charge is 0.371 e. The third kappa shape index (κ3) is 3.00. The molecule has 0 saturated carbocycles. The number of aromatic nitrogens is 1. The minimum absolute atomic E-state index is 0.187. The summed E-state index contributed by atoms with van der Waals surface area (Å²) in [5.41, 5.74) is 6.86. The van der Waals surface area contributed by atoms with Gasteiger partial charge >= 0.3 is 0 Å². The molecule has 4 heteroatoms. The molecule has 3 nitrogen and oxygen atoms in total. The van der Waals surface area contributed by atoms with Gasteiger partial charge in [0.1, 0.15) is 11.1 Å². The second-order valence-corrected chi connectivity index (χ2v) is 5.10. The minimum atomic E-state index is 0.187. The fourth-order valence-corrected chi connectivity index (χ4v) is 2.74. The predicted octanol–water partition coefficient (Wildman–Crippen LogP) is 2.27. The molecule has 2 atom stereocenters. The van der Waals surface area contributed by atoms with Crippen molar-refractivity contribution in [2.24, 2.45) is 5.73 Å². The highest BCUT2D eigenvalue weighted by Crippen LogP contribution is 2.29. The highest BCUT2D eigenvalue weighted by atomic mass is 32.1. The number of hydrogen-bond donors (Lipinski definition) is 1. The lowest BCUT2D eigenvalue weighted by molar-refractivity contribution is 0.0147. The Balaban J connectivity index is 1.99. The molecule has 0 amide bonds. The number of hydrogen-bond acceptors (Lipinski definition) is 4. The fourth-order valence-electron chi connectivity index (χ4n) is 1.83. The van der Waals surface area contributed by atoms with E-state index >= 15 is 0 Å². The molecule has 2 heterocycles. The van der Waals surface area contributed by atoms with Crippen LogP contribution >= 0.6 is 11.3 Å². The van der Waals surface area contributed by atoms with Crippen LogP contribution in [0.4, 0.5) is 0 Å². The highest BCUT2D eigenvalue weighted by molar-refractivity contribution is 7.09. The molecule has 84 valence electrons. The van der Waals surface area contributed by atoms with Gasteiger partial charge in [-0.25, -0.2) is 4.98 Å². The first-order valence-electron chi connectivity index (χ1n) is 5.57. The van der Waals surface area contributed by atoms with E-state index in [1.807, 2.05) is 6.92 Å². The van der Waals surface area contributed by atoms with Crippen molar-refractivity contribution >= 4 is 11.3 Å². The molecule has 2 N–H and O–H groups in total. The van der Waals surface area contributed by atoms with E-state index in [1.54, 1.807) is 11.3 Å². The molecular weight excluding hydrogens is 208 g/mol. The number of nitrogens with two attached hydrogens (primary N) is 1. The second kappa shape index (κ2) is 5.05. The number of thiazole rings is 1. The first kappa shape index (κ1) is 11.0. The van der Waals surface area contributed by atoms with Gasteiger partial charge in [0.15, 0.2) is 0 Å². The van der Waals surface area contributed by atoms with Gasteiger partial charge in [-0.3, -0.25) is 0 Å². The Hall–Kier alpha value is -0.450. The molecule has 1 fully saturated rings. The Bertz CT molecular complexity index is 305. The normalized spacial score (nSPS) is 24.0. The van der Waals surface area contributed by atoms with E-state index in [2.05, 4.69) is 10.4 Å². The maximum atomic E-state index is 5.75. The number of ether oxygens (including phenoxy) is 1. The number of nitrogens with zero attached hydrogens (tertiary/aromatic N) is 1. The summed E-state index contributed by atoms with van der Waals surface area (Å²) in [6.07, 6.45) is 4.67. The van der Waals surface area contributed by atoms with Gasteiger partial charge in [0.2, 0.25) is 0 Å². The molecule has 0 spiro atoms. The van der Waals surface area contributed by atoms with Gasteiger partial charge < -0.3 is 10.5 Å². The molecular formula is C11H18N2OS. The third-order valence-corrected chi connectivity index (χ3v) is 3.54. The summed E-state index contributed by atoms with van der Waals surface area (Å²) in [6, 6.07) is 0.187. The van der Waals surface area contributed by atoms with Crippen molar-refractivity contribution in [3.63, 3.8) is 0 Å². The summed E-state index contributed by atoms with van der Waals surface area (Å²) in [5.74, 6) is 0. The molecule has 1 aliphatic heterocycles. The monoisotopic (exact) mass is 226 g/mol. The van der Waals surface area contributed by atoms with Crippen LogP contribution in [0.1, 0.15) is 43.0 Å². The van der Waals surface area contributed by atoms with Crippen molar-refractivity contribution in [2.75, 3.05) is 6.61 Å². The van der Waals surface area contributed by atoms with Crippen LogP contribution in [0.2, 0.25) is 0 Å². The van der Waals surface area contributed by atoms with E-state index in [9.17, 15) is 0 Å². The molecule has 1 aromatic rings. The van der Waals surface area contributed by atoms with Crippen molar-refractivity contribution in [1.82, 2.24) is 4.98 Å². The molecule has 1 aliphatic rings. The minimum Gasteiger partial charge on any atom is -0.371 e. The first-order valence-corrected chi connectivity index (χ1v) is 6.45. The summed E-state index contributed by atoms with van der Waals surface area (Å²) in [4.78, 5) is 4.59. The second-order valence-electron chi connectivity index (χ2n) is 4.21. The van der Waals surface area contributed by atoms with Crippen LogP contribution < -0.4 is 5.73 Å². The molecule has 0 radical (unpaired) electrons. The quantitative estimate of drug-likeness (QED) is 0.860. The zero-order valence-electron chi connectivity index (χ0n) is 9.11. The molecule has 15 heavy (non-hydrogen) atoms. The maximum absolute atomic E-state index is 5.75. The average Bonchev–Trinajstić information content (AvgIpc) is 2.67. The van der Waals surface area contributed by atoms with Crippen LogP contribution in [0, 0.1) is 0 Å². The molecule has 2 unspecified atom stereocenters. The van der Waals surface area contributed by atoms with E-state index < -0.39 is 0 Å². The first-order chi connectivity index (χ1) is 7.25. The summed E-state index contributed by atoms with van der Waals surface area (Å²) in [5, 5.41) is 3.24. The summed E-state index contributed by atoms with van der Waals surface area (Å²) in [6.45, 7) is 2.89. The van der Waals surface area contributed by atoms with Crippen LogP contribution in [0.25, 0.3) is 0 Å². The van der Waals surface area contributed by atoms with Crippen molar-refractivity contribution in [1.29, 1.82) is 0 Å². The lowest BCUT2D eigenvalue weighted by Crippen LogP contribution is -2.18. The van der Waals surface area contributed by atoms with E-state index in [0.29, 0.717) is 0 Å². The van der Waals surface area contributed by atoms with Crippen LogP contribution in [0.5, 0.6) is 0 Å². The van der Waals surface area contributed by atoms with Crippen molar-refractivity contribution in [3.8, 4) is 0 Å². The van der Waals surface area contributed by atoms with Crippen molar-refractivity contribution in [2.45, 2.75) is 44.8 Å². The fraction of sp³-hybridized carbons (Fsp3) is 0.727. The maximum Gasteiger partial charge on any atom is 0.122 e. The predicted molar refractivity (Wildman–Crippen MR) is 62.0 cm³/mol. The van der Waals surface area contributed by atoms with Gasteiger partial charge in [-0.1, -0.05) is 0 Å². The highest BCUT2D eigenvalue weighted by Gasteiger charge is 2.19. The van der Waals surface area contributed by atoms with Crippen LogP contribution in [0.15, 0.2) is 5.38 Å². The molecule has 0 aromatic carbocycles. The lowest BCUT2D eigenvalue weighted by Gasteiger charge is -2.20. The van der Waals surface area contributed by atoms with E-state index in [0.717, 1.165) is 30.2 Å². The van der Waals surface area contributed by atoms with Crippen molar-refractivity contribution < 1.29 is 4.74 Å². The van der Waals surface area contributed by atoms with Crippen LogP contribution in [0.3, 0.4) is 0 Å². The molecule has 1 aromatic heterocycles. The van der Waals surface area contributed by atoms with Gasteiger partial charge in [-0.05, 0) is 26.2 Å². The van der Waals surface area contributed by atoms with Crippen LogP contribution in [-0.4, -0.2) is 17.6 Å². The van der Waals surface area contributed by atoms with Gasteiger partial charge in [-0.15, -0.1) is 11.3 Å². The summed E-state index contributed by atoms with van der Waals surface area (Å²) >= 11 is 1.71. The lowest BCUT2D eigenvalue weighted by atomic mass is 10.1. The molecule has 1 saturated heterocycles. The zero-order valence-corrected chi connectivity index (χ0v) is 9.93. The summed E-state index contributed by atoms with van der Waals surface area (Å²) in [7, 11) is 0. The Kier molecular flexibility index (Phi) is 3.72. The van der Waals surface area contributed by atoms with E-state index in [-0.39, 0.29) is 12.1 Å². The topological polar surface area (TPSA) is 48.1 Å². The molecule has 0 aliphatic carbocycles. The molecule has 0 bridgehead atoms. The van der Waals surface area contributed by atoms with Crippen molar-refractivity contribution in [3.05, 3.63) is 16.1 Å². The van der Waals surface area contributed by atoms with Gasteiger partial charge in [0.05, 0.1) is 5.69 Å². The molecule has 2 rings (SSSR count). The third-order valence-electron chi connectivity index (χ3n) is 2.56. The van der Waals surface area contributed by atoms with Gasteiger partial charge in [0.25, 0.3) is 0 Å². The smallest absolute Gasteiger partial charge is 0.122 e. The average molecular weight is 226 g/mol. The van der Waals surface area contributed by atoms with Gasteiger partial charge in [0, 0.05) is 24.4 Å². The SMILES string of the molecule is CC(N)Cc1csc(C2CCCCO2)n1. The zero-order chi connectivity index (χ0) is 10.7. The Morgan fingerprint density at radius 1 is 1.67 bits per heavy atom. The summed E-state index contributed by atoms with van der Waals surface area (Å²) < 4.78 is 5.70. The Labute approximate surface area is 94.7 Å². The Morgan fingerprint density at radius 3 is 3.20 bits per heavy atom. The number of rotatable bonds is 3. The van der Waals surface area contributed by atoms with Crippen LogP contribution in [-0.2, 0) is 11.2 Å².